The second-order valence-electron chi connectivity index (χ2n) is 5.55. The van der Waals surface area contributed by atoms with Crippen LogP contribution in [0.2, 0.25) is 0 Å². The van der Waals surface area contributed by atoms with Crippen LogP contribution in [0.5, 0.6) is 0 Å². The third kappa shape index (κ3) is 5.18. The summed E-state index contributed by atoms with van der Waals surface area (Å²) in [6.45, 7) is 0. The number of hydrogen-bond donors (Lipinski definition) is 1. The van der Waals surface area contributed by atoms with Gasteiger partial charge in [0.15, 0.2) is 0 Å². The number of halogens is 1. The topological polar surface area (TPSA) is 29.1 Å². The Balaban J connectivity index is 1.62. The van der Waals surface area contributed by atoms with Gasteiger partial charge in [0.25, 0.3) is 0 Å². The summed E-state index contributed by atoms with van der Waals surface area (Å²) in [5, 5.41) is 5.04. The van der Waals surface area contributed by atoms with E-state index < -0.39 is 0 Å². The van der Waals surface area contributed by atoms with Gasteiger partial charge in [-0.25, -0.2) is 4.39 Å². The average molecular weight is 372 g/mol. The maximum Gasteiger partial charge on any atom is 0.230 e. The zero-order valence-corrected chi connectivity index (χ0v) is 15.2. The van der Waals surface area contributed by atoms with Gasteiger partial charge in [-0.15, -0.1) is 23.1 Å². The molecule has 128 valence electrons. The minimum absolute atomic E-state index is 0.0244. The Labute approximate surface area is 155 Å². The summed E-state index contributed by atoms with van der Waals surface area (Å²) in [5.74, 6) is 0.883. The van der Waals surface area contributed by atoms with Crippen molar-refractivity contribution in [3.8, 4) is 0 Å². The van der Waals surface area contributed by atoms with Crippen LogP contribution in [0.3, 0.4) is 0 Å². The Morgan fingerprint density at radius 2 is 1.80 bits per heavy atom. The van der Waals surface area contributed by atoms with E-state index in [4.69, 9.17) is 0 Å². The second kappa shape index (κ2) is 8.83. The number of nitrogens with one attached hydrogen (secondary N) is 1. The highest BCUT2D eigenvalue weighted by Gasteiger charge is 2.18. The summed E-state index contributed by atoms with van der Waals surface area (Å²) in [4.78, 5) is 13.4. The standard InChI is InChI=1S/C20H18FNOS2/c21-17-10-8-16(9-11-17)20(18-7-4-12-25-18)22-19(23)14-24-13-15-5-2-1-3-6-15/h1-12,20H,13-14H2,(H,22,23)/t20-/m1/s1. The van der Waals surface area contributed by atoms with Gasteiger partial charge in [-0.1, -0.05) is 48.5 Å². The smallest absolute Gasteiger partial charge is 0.230 e. The molecular weight excluding hydrogens is 353 g/mol. The fraction of sp³-hybridized carbons (Fsp3) is 0.150. The van der Waals surface area contributed by atoms with Crippen LogP contribution in [-0.4, -0.2) is 11.7 Å². The Bertz CT molecular complexity index is 788. The van der Waals surface area contributed by atoms with E-state index in [1.165, 1.54) is 17.7 Å². The lowest BCUT2D eigenvalue weighted by Gasteiger charge is -2.18. The molecule has 1 amide bonds. The van der Waals surface area contributed by atoms with E-state index in [2.05, 4.69) is 17.4 Å². The molecule has 0 fully saturated rings. The van der Waals surface area contributed by atoms with Crippen molar-refractivity contribution in [2.45, 2.75) is 11.8 Å². The van der Waals surface area contributed by atoms with Crippen molar-refractivity contribution in [2.75, 3.05) is 5.75 Å². The second-order valence-corrected chi connectivity index (χ2v) is 7.51. The van der Waals surface area contributed by atoms with Gasteiger partial charge in [0.1, 0.15) is 5.82 Å². The molecule has 1 heterocycles. The lowest BCUT2D eigenvalue weighted by molar-refractivity contribution is -0.119. The molecule has 0 spiro atoms. The molecule has 0 aliphatic carbocycles. The van der Waals surface area contributed by atoms with Crippen molar-refractivity contribution in [1.29, 1.82) is 0 Å². The molecule has 0 bridgehead atoms. The van der Waals surface area contributed by atoms with Crippen LogP contribution in [-0.2, 0) is 10.5 Å². The van der Waals surface area contributed by atoms with Crippen LogP contribution in [0.15, 0.2) is 72.1 Å². The van der Waals surface area contributed by atoms with E-state index in [-0.39, 0.29) is 17.8 Å². The highest BCUT2D eigenvalue weighted by molar-refractivity contribution is 7.99. The number of carbonyl (C=O) groups is 1. The molecule has 2 aromatic carbocycles. The lowest BCUT2D eigenvalue weighted by atomic mass is 10.1. The highest BCUT2D eigenvalue weighted by atomic mass is 32.2. The number of thiophene rings is 1. The molecular formula is C20H18FNOS2. The molecule has 0 radical (unpaired) electrons. The van der Waals surface area contributed by atoms with Crippen molar-refractivity contribution >= 4 is 29.0 Å². The monoisotopic (exact) mass is 371 g/mol. The van der Waals surface area contributed by atoms with Gasteiger partial charge >= 0.3 is 0 Å². The van der Waals surface area contributed by atoms with Gasteiger partial charge in [-0.2, -0.15) is 0 Å². The van der Waals surface area contributed by atoms with Gasteiger partial charge in [0.2, 0.25) is 5.91 Å². The maximum atomic E-state index is 13.2. The van der Waals surface area contributed by atoms with Crippen molar-refractivity contribution < 1.29 is 9.18 Å². The molecule has 1 N–H and O–H groups in total. The first-order valence-corrected chi connectivity index (χ1v) is 9.96. The molecule has 0 saturated carbocycles. The third-order valence-electron chi connectivity index (χ3n) is 3.68. The summed E-state index contributed by atoms with van der Waals surface area (Å²) >= 11 is 3.16. The highest BCUT2D eigenvalue weighted by Crippen LogP contribution is 2.26. The molecule has 25 heavy (non-hydrogen) atoms. The molecule has 0 aliphatic rings. The van der Waals surface area contributed by atoms with Gasteiger partial charge in [0, 0.05) is 10.6 Å². The van der Waals surface area contributed by atoms with Crippen LogP contribution in [0.25, 0.3) is 0 Å². The first-order chi connectivity index (χ1) is 12.2. The number of benzene rings is 2. The molecule has 1 aromatic heterocycles. The molecule has 0 unspecified atom stereocenters. The molecule has 5 heteroatoms. The predicted octanol–water partition coefficient (Wildman–Crippen LogP) is 5.03. The normalized spacial score (nSPS) is 11.9. The average Bonchev–Trinajstić information content (AvgIpc) is 3.16. The van der Waals surface area contributed by atoms with Crippen LogP contribution >= 0.6 is 23.1 Å². The van der Waals surface area contributed by atoms with E-state index in [1.54, 1.807) is 35.2 Å². The molecule has 2 nitrogen and oxygen atoms in total. The van der Waals surface area contributed by atoms with Gasteiger partial charge in [0.05, 0.1) is 11.8 Å². The number of rotatable bonds is 7. The van der Waals surface area contributed by atoms with E-state index >= 15 is 0 Å². The molecule has 0 saturated heterocycles. The Hall–Kier alpha value is -2.11. The zero-order chi connectivity index (χ0) is 17.5. The predicted molar refractivity (Wildman–Crippen MR) is 103 cm³/mol. The van der Waals surface area contributed by atoms with Crippen LogP contribution in [0, 0.1) is 5.82 Å². The summed E-state index contributed by atoms with van der Waals surface area (Å²) < 4.78 is 13.2. The minimum Gasteiger partial charge on any atom is -0.344 e. The van der Waals surface area contributed by atoms with E-state index in [0.717, 1.165) is 16.2 Å². The van der Waals surface area contributed by atoms with E-state index in [0.29, 0.717) is 5.75 Å². The minimum atomic E-state index is -0.279. The lowest BCUT2D eigenvalue weighted by Crippen LogP contribution is -2.30. The third-order valence-corrected chi connectivity index (χ3v) is 5.62. The zero-order valence-electron chi connectivity index (χ0n) is 13.5. The van der Waals surface area contributed by atoms with Crippen molar-refractivity contribution in [1.82, 2.24) is 5.32 Å². The van der Waals surface area contributed by atoms with Crippen molar-refractivity contribution in [3.63, 3.8) is 0 Å². The van der Waals surface area contributed by atoms with Crippen molar-refractivity contribution in [3.05, 3.63) is 93.9 Å². The van der Waals surface area contributed by atoms with E-state index in [9.17, 15) is 9.18 Å². The fourth-order valence-electron chi connectivity index (χ4n) is 2.47. The fourth-order valence-corrected chi connectivity index (χ4v) is 4.07. The van der Waals surface area contributed by atoms with Gasteiger partial charge < -0.3 is 5.32 Å². The summed E-state index contributed by atoms with van der Waals surface area (Å²) in [6.07, 6.45) is 0. The number of thioether (sulfide) groups is 1. The first-order valence-electron chi connectivity index (χ1n) is 7.92. The van der Waals surface area contributed by atoms with E-state index in [1.807, 2.05) is 35.7 Å². The first kappa shape index (κ1) is 17.7. The number of amides is 1. The molecule has 3 rings (SSSR count). The van der Waals surface area contributed by atoms with Crippen LogP contribution < -0.4 is 5.32 Å². The quantitative estimate of drug-likeness (QED) is 0.631. The van der Waals surface area contributed by atoms with Crippen LogP contribution in [0.1, 0.15) is 22.0 Å². The van der Waals surface area contributed by atoms with Gasteiger partial charge in [-0.3, -0.25) is 4.79 Å². The molecule has 0 aliphatic heterocycles. The van der Waals surface area contributed by atoms with Gasteiger partial charge in [-0.05, 0) is 34.7 Å². The Morgan fingerprint density at radius 1 is 1.04 bits per heavy atom. The number of hydrogen-bond acceptors (Lipinski definition) is 3. The largest absolute Gasteiger partial charge is 0.344 e. The van der Waals surface area contributed by atoms with Crippen molar-refractivity contribution in [2.24, 2.45) is 0 Å². The molecule has 3 aromatic rings. The number of carbonyl (C=O) groups excluding carboxylic acids is 1. The Morgan fingerprint density at radius 3 is 2.48 bits per heavy atom. The van der Waals surface area contributed by atoms with Crippen LogP contribution in [0.4, 0.5) is 4.39 Å². The molecule has 1 atom stereocenters. The summed E-state index contributed by atoms with van der Waals surface area (Å²) in [7, 11) is 0. The SMILES string of the molecule is O=C(CSCc1ccccc1)N[C@H](c1ccc(F)cc1)c1cccs1. The summed E-state index contributed by atoms with van der Waals surface area (Å²) in [6, 6.07) is 20.1. The summed E-state index contributed by atoms with van der Waals surface area (Å²) in [5.41, 5.74) is 2.08. The Kier molecular flexibility index (Phi) is 6.25. The maximum absolute atomic E-state index is 13.2.